The Kier molecular flexibility index (Phi) is 4.40. The molecule has 106 valence electrons. The number of anilines is 1. The number of nitrogens with zero attached hydrogens (tertiary/aromatic N) is 3. The second kappa shape index (κ2) is 5.87. The molecule has 2 atom stereocenters. The zero-order valence-corrected chi connectivity index (χ0v) is 12.8. The van der Waals surface area contributed by atoms with Gasteiger partial charge in [-0.15, -0.1) is 0 Å². The molecule has 2 heterocycles. The van der Waals surface area contributed by atoms with Crippen molar-refractivity contribution in [2.24, 2.45) is 5.92 Å². The SMILES string of the molecule is Cc1cc(C(C)C)nc(NC2CCN(C)CC2C)n1. The Morgan fingerprint density at radius 3 is 2.74 bits per heavy atom. The first kappa shape index (κ1) is 14.3. The highest BCUT2D eigenvalue weighted by Crippen LogP contribution is 2.20. The number of hydrogen-bond donors (Lipinski definition) is 1. The summed E-state index contributed by atoms with van der Waals surface area (Å²) in [5, 5.41) is 3.54. The van der Waals surface area contributed by atoms with Crippen molar-refractivity contribution in [2.75, 3.05) is 25.5 Å². The van der Waals surface area contributed by atoms with E-state index in [-0.39, 0.29) is 0 Å². The van der Waals surface area contributed by atoms with Gasteiger partial charge in [0.05, 0.1) is 0 Å². The van der Waals surface area contributed by atoms with Crippen molar-refractivity contribution in [2.45, 2.75) is 46.1 Å². The Balaban J connectivity index is 2.10. The Morgan fingerprint density at radius 1 is 1.37 bits per heavy atom. The highest BCUT2D eigenvalue weighted by molar-refractivity contribution is 5.30. The fourth-order valence-corrected chi connectivity index (χ4v) is 2.69. The molecule has 2 unspecified atom stereocenters. The zero-order chi connectivity index (χ0) is 14.0. The average molecular weight is 262 g/mol. The van der Waals surface area contributed by atoms with Gasteiger partial charge in [-0.25, -0.2) is 9.97 Å². The monoisotopic (exact) mass is 262 g/mol. The van der Waals surface area contributed by atoms with E-state index < -0.39 is 0 Å². The zero-order valence-electron chi connectivity index (χ0n) is 12.8. The first-order valence-electron chi connectivity index (χ1n) is 7.26. The highest BCUT2D eigenvalue weighted by Gasteiger charge is 2.24. The van der Waals surface area contributed by atoms with Gasteiger partial charge in [-0.2, -0.15) is 0 Å². The molecule has 1 aliphatic heterocycles. The first-order chi connectivity index (χ1) is 8.95. The lowest BCUT2D eigenvalue weighted by Crippen LogP contribution is -2.43. The van der Waals surface area contributed by atoms with E-state index in [4.69, 9.17) is 0 Å². The summed E-state index contributed by atoms with van der Waals surface area (Å²) in [6.07, 6.45) is 1.16. The van der Waals surface area contributed by atoms with Gasteiger partial charge in [0.1, 0.15) is 0 Å². The van der Waals surface area contributed by atoms with Crippen molar-refractivity contribution in [3.63, 3.8) is 0 Å². The molecular formula is C15H26N4. The van der Waals surface area contributed by atoms with Crippen LogP contribution in [0.15, 0.2) is 6.07 Å². The largest absolute Gasteiger partial charge is 0.351 e. The summed E-state index contributed by atoms with van der Waals surface area (Å²) in [5.74, 6) is 1.87. The van der Waals surface area contributed by atoms with Crippen molar-refractivity contribution >= 4 is 5.95 Å². The lowest BCUT2D eigenvalue weighted by Gasteiger charge is -2.35. The van der Waals surface area contributed by atoms with E-state index >= 15 is 0 Å². The number of aromatic nitrogens is 2. The second-order valence-corrected chi connectivity index (χ2v) is 6.19. The van der Waals surface area contributed by atoms with E-state index in [2.05, 4.69) is 54.1 Å². The Hall–Kier alpha value is -1.16. The van der Waals surface area contributed by atoms with E-state index in [1.807, 2.05) is 6.92 Å². The molecule has 1 fully saturated rings. The third-order valence-electron chi connectivity index (χ3n) is 3.89. The molecule has 1 saturated heterocycles. The second-order valence-electron chi connectivity index (χ2n) is 6.19. The summed E-state index contributed by atoms with van der Waals surface area (Å²) in [6, 6.07) is 2.56. The predicted octanol–water partition coefficient (Wildman–Crippen LogP) is 2.66. The topological polar surface area (TPSA) is 41.1 Å². The van der Waals surface area contributed by atoms with Crippen molar-refractivity contribution in [3.05, 3.63) is 17.5 Å². The van der Waals surface area contributed by atoms with Gasteiger partial charge in [0.25, 0.3) is 0 Å². The van der Waals surface area contributed by atoms with Crippen LogP contribution in [0.25, 0.3) is 0 Å². The molecule has 1 N–H and O–H groups in total. The van der Waals surface area contributed by atoms with Gasteiger partial charge >= 0.3 is 0 Å². The molecular weight excluding hydrogens is 236 g/mol. The minimum atomic E-state index is 0.442. The number of aryl methyl sites for hydroxylation is 1. The van der Waals surface area contributed by atoms with E-state index in [0.717, 1.165) is 36.8 Å². The van der Waals surface area contributed by atoms with Crippen LogP contribution in [0.4, 0.5) is 5.95 Å². The van der Waals surface area contributed by atoms with Gasteiger partial charge in [-0.05, 0) is 44.8 Å². The van der Waals surface area contributed by atoms with Crippen molar-refractivity contribution < 1.29 is 0 Å². The lowest BCUT2D eigenvalue weighted by atomic mass is 9.94. The summed E-state index contributed by atoms with van der Waals surface area (Å²) < 4.78 is 0. The fourth-order valence-electron chi connectivity index (χ4n) is 2.69. The molecule has 0 aromatic carbocycles. The lowest BCUT2D eigenvalue weighted by molar-refractivity contribution is 0.205. The molecule has 1 aromatic heterocycles. The average Bonchev–Trinajstić information content (AvgIpc) is 2.32. The third-order valence-corrected chi connectivity index (χ3v) is 3.89. The number of likely N-dealkylation sites (tertiary alicyclic amines) is 1. The van der Waals surface area contributed by atoms with Crippen LogP contribution in [-0.4, -0.2) is 41.0 Å². The van der Waals surface area contributed by atoms with Crippen LogP contribution in [0.2, 0.25) is 0 Å². The highest BCUT2D eigenvalue weighted by atomic mass is 15.2. The minimum absolute atomic E-state index is 0.442. The molecule has 0 radical (unpaired) electrons. The third kappa shape index (κ3) is 3.66. The van der Waals surface area contributed by atoms with Gasteiger partial charge in [-0.1, -0.05) is 20.8 Å². The molecule has 0 amide bonds. The van der Waals surface area contributed by atoms with Crippen LogP contribution < -0.4 is 5.32 Å². The number of hydrogen-bond acceptors (Lipinski definition) is 4. The molecule has 19 heavy (non-hydrogen) atoms. The fraction of sp³-hybridized carbons (Fsp3) is 0.733. The molecule has 0 aliphatic carbocycles. The molecule has 4 heteroatoms. The normalized spacial score (nSPS) is 24.7. The van der Waals surface area contributed by atoms with Crippen LogP contribution in [0.5, 0.6) is 0 Å². The molecule has 2 rings (SSSR count). The maximum atomic E-state index is 4.64. The molecule has 4 nitrogen and oxygen atoms in total. The van der Waals surface area contributed by atoms with Crippen LogP contribution >= 0.6 is 0 Å². The minimum Gasteiger partial charge on any atom is -0.351 e. The first-order valence-corrected chi connectivity index (χ1v) is 7.26. The van der Waals surface area contributed by atoms with E-state index in [9.17, 15) is 0 Å². The molecule has 1 aliphatic rings. The standard InChI is InChI=1S/C15H26N4/c1-10(2)14-8-12(4)16-15(18-14)17-13-6-7-19(5)9-11(13)3/h8,10-11,13H,6-7,9H2,1-5H3,(H,16,17,18). The van der Waals surface area contributed by atoms with E-state index in [0.29, 0.717) is 17.9 Å². The summed E-state index contributed by atoms with van der Waals surface area (Å²) in [4.78, 5) is 11.6. The Morgan fingerprint density at radius 2 is 2.11 bits per heavy atom. The Labute approximate surface area is 116 Å². The molecule has 0 spiro atoms. The molecule has 0 bridgehead atoms. The van der Waals surface area contributed by atoms with Gasteiger partial charge in [0, 0.05) is 24.0 Å². The quantitative estimate of drug-likeness (QED) is 0.909. The summed E-state index contributed by atoms with van der Waals surface area (Å²) >= 11 is 0. The van der Waals surface area contributed by atoms with Gasteiger partial charge in [0.15, 0.2) is 0 Å². The number of rotatable bonds is 3. The van der Waals surface area contributed by atoms with Gasteiger partial charge in [0.2, 0.25) is 5.95 Å². The van der Waals surface area contributed by atoms with Crippen LogP contribution in [0, 0.1) is 12.8 Å². The van der Waals surface area contributed by atoms with Gasteiger partial charge < -0.3 is 10.2 Å². The number of nitrogens with one attached hydrogen (secondary N) is 1. The number of piperidine rings is 1. The maximum absolute atomic E-state index is 4.64. The van der Waals surface area contributed by atoms with Crippen LogP contribution in [0.3, 0.4) is 0 Å². The molecule has 1 aromatic rings. The van der Waals surface area contributed by atoms with Crippen molar-refractivity contribution in [3.8, 4) is 0 Å². The van der Waals surface area contributed by atoms with Gasteiger partial charge in [-0.3, -0.25) is 0 Å². The summed E-state index contributed by atoms with van der Waals surface area (Å²) in [7, 11) is 2.19. The Bertz CT molecular complexity index is 430. The van der Waals surface area contributed by atoms with Crippen LogP contribution in [0.1, 0.15) is 44.5 Å². The van der Waals surface area contributed by atoms with Crippen molar-refractivity contribution in [1.82, 2.24) is 14.9 Å². The molecule has 0 saturated carbocycles. The smallest absolute Gasteiger partial charge is 0.223 e. The van der Waals surface area contributed by atoms with E-state index in [1.54, 1.807) is 0 Å². The summed E-state index contributed by atoms with van der Waals surface area (Å²) in [5.41, 5.74) is 2.16. The van der Waals surface area contributed by atoms with Crippen LogP contribution in [-0.2, 0) is 0 Å². The predicted molar refractivity (Wildman–Crippen MR) is 79.5 cm³/mol. The maximum Gasteiger partial charge on any atom is 0.223 e. The van der Waals surface area contributed by atoms with E-state index in [1.165, 1.54) is 0 Å². The summed E-state index contributed by atoms with van der Waals surface area (Å²) in [6.45, 7) is 11.0. The van der Waals surface area contributed by atoms with Crippen molar-refractivity contribution in [1.29, 1.82) is 0 Å².